The van der Waals surface area contributed by atoms with E-state index >= 15 is 0 Å². The molecule has 0 radical (unpaired) electrons. The van der Waals surface area contributed by atoms with E-state index in [1.807, 2.05) is 19.9 Å². The van der Waals surface area contributed by atoms with Crippen LogP contribution in [0.1, 0.15) is 55.2 Å². The summed E-state index contributed by atoms with van der Waals surface area (Å²) in [4.78, 5) is 16.2. The van der Waals surface area contributed by atoms with Crippen LogP contribution in [0.4, 0.5) is 0 Å². The molecule has 0 fully saturated rings. The van der Waals surface area contributed by atoms with Gasteiger partial charge in [0.1, 0.15) is 5.69 Å². The quantitative estimate of drug-likeness (QED) is 0.725. The SMILES string of the molecule is Cc1cnc(C(=O)CCC(C)(C)C)c(C)c1. The summed E-state index contributed by atoms with van der Waals surface area (Å²) in [5, 5.41) is 0. The molecule has 0 bridgehead atoms. The van der Waals surface area contributed by atoms with Crippen LogP contribution < -0.4 is 0 Å². The van der Waals surface area contributed by atoms with Gasteiger partial charge in [-0.05, 0) is 36.8 Å². The van der Waals surface area contributed by atoms with Gasteiger partial charge < -0.3 is 0 Å². The third kappa shape index (κ3) is 3.76. The lowest BCUT2D eigenvalue weighted by molar-refractivity contribution is 0.0960. The summed E-state index contributed by atoms with van der Waals surface area (Å²) in [5.74, 6) is 0.160. The van der Waals surface area contributed by atoms with E-state index in [0.717, 1.165) is 17.5 Å². The highest BCUT2D eigenvalue weighted by molar-refractivity contribution is 5.95. The Morgan fingerprint density at radius 1 is 1.31 bits per heavy atom. The van der Waals surface area contributed by atoms with Crippen molar-refractivity contribution in [2.24, 2.45) is 5.41 Å². The predicted octanol–water partition coefficient (Wildman–Crippen LogP) is 3.71. The van der Waals surface area contributed by atoms with Crippen LogP contribution >= 0.6 is 0 Å². The number of ketones is 1. The third-order valence-corrected chi connectivity index (χ3v) is 2.58. The summed E-state index contributed by atoms with van der Waals surface area (Å²) in [6, 6.07) is 2.01. The first kappa shape index (κ1) is 12.9. The fourth-order valence-electron chi connectivity index (χ4n) is 1.61. The summed E-state index contributed by atoms with van der Waals surface area (Å²) in [7, 11) is 0. The summed E-state index contributed by atoms with van der Waals surface area (Å²) in [6.45, 7) is 10.4. The minimum atomic E-state index is 0.160. The Morgan fingerprint density at radius 2 is 1.94 bits per heavy atom. The minimum absolute atomic E-state index is 0.160. The van der Waals surface area contributed by atoms with Crippen molar-refractivity contribution < 1.29 is 4.79 Å². The van der Waals surface area contributed by atoms with Gasteiger partial charge in [-0.25, -0.2) is 0 Å². The topological polar surface area (TPSA) is 30.0 Å². The number of pyridine rings is 1. The Balaban J connectivity index is 2.74. The van der Waals surface area contributed by atoms with Crippen molar-refractivity contribution in [2.75, 3.05) is 0 Å². The zero-order valence-corrected chi connectivity index (χ0v) is 10.9. The molecule has 0 unspecified atom stereocenters. The van der Waals surface area contributed by atoms with Crippen molar-refractivity contribution in [1.29, 1.82) is 0 Å². The van der Waals surface area contributed by atoms with Crippen LogP contribution in [-0.2, 0) is 0 Å². The largest absolute Gasteiger partial charge is 0.292 e. The maximum Gasteiger partial charge on any atom is 0.181 e. The normalized spacial score (nSPS) is 11.6. The molecule has 0 spiro atoms. The molecule has 16 heavy (non-hydrogen) atoms. The highest BCUT2D eigenvalue weighted by Crippen LogP contribution is 2.22. The van der Waals surface area contributed by atoms with Gasteiger partial charge in [0, 0.05) is 12.6 Å². The van der Waals surface area contributed by atoms with Gasteiger partial charge in [0.05, 0.1) is 0 Å². The van der Waals surface area contributed by atoms with Gasteiger partial charge in [-0.2, -0.15) is 0 Å². The van der Waals surface area contributed by atoms with Gasteiger partial charge in [0.2, 0.25) is 0 Å². The summed E-state index contributed by atoms with van der Waals surface area (Å²) < 4.78 is 0. The maximum atomic E-state index is 12.0. The molecule has 1 aromatic heterocycles. The van der Waals surface area contributed by atoms with Gasteiger partial charge in [0.15, 0.2) is 5.78 Å². The molecule has 0 aliphatic carbocycles. The second-order valence-corrected chi connectivity index (χ2v) is 5.66. The van der Waals surface area contributed by atoms with E-state index in [1.165, 1.54) is 0 Å². The van der Waals surface area contributed by atoms with E-state index in [0.29, 0.717) is 12.1 Å². The lowest BCUT2D eigenvalue weighted by Crippen LogP contribution is -2.11. The zero-order chi connectivity index (χ0) is 12.3. The Bertz CT molecular complexity index is 388. The number of rotatable bonds is 3. The number of aryl methyl sites for hydroxylation is 2. The molecular weight excluding hydrogens is 198 g/mol. The third-order valence-electron chi connectivity index (χ3n) is 2.58. The maximum absolute atomic E-state index is 12.0. The van der Waals surface area contributed by atoms with E-state index in [1.54, 1.807) is 6.20 Å². The lowest BCUT2D eigenvalue weighted by Gasteiger charge is -2.17. The number of aromatic nitrogens is 1. The number of carbonyl (C=O) groups is 1. The van der Waals surface area contributed by atoms with E-state index in [-0.39, 0.29) is 11.2 Å². The molecule has 0 atom stereocenters. The molecule has 1 heterocycles. The fraction of sp³-hybridized carbons (Fsp3) is 0.571. The molecule has 2 heteroatoms. The van der Waals surface area contributed by atoms with E-state index in [2.05, 4.69) is 25.8 Å². The van der Waals surface area contributed by atoms with Crippen LogP contribution in [0.3, 0.4) is 0 Å². The molecule has 2 nitrogen and oxygen atoms in total. The van der Waals surface area contributed by atoms with Crippen LogP contribution in [-0.4, -0.2) is 10.8 Å². The Labute approximate surface area is 98.1 Å². The molecule has 1 aromatic rings. The highest BCUT2D eigenvalue weighted by Gasteiger charge is 2.16. The molecule has 88 valence electrons. The van der Waals surface area contributed by atoms with Gasteiger partial charge in [-0.1, -0.05) is 26.8 Å². The smallest absolute Gasteiger partial charge is 0.181 e. The van der Waals surface area contributed by atoms with Gasteiger partial charge >= 0.3 is 0 Å². The average Bonchev–Trinajstić information content (AvgIpc) is 2.13. The number of hydrogen-bond acceptors (Lipinski definition) is 2. The molecule has 0 aliphatic rings. The van der Waals surface area contributed by atoms with Crippen LogP contribution in [0.15, 0.2) is 12.3 Å². The molecule has 0 saturated heterocycles. The molecule has 0 aliphatic heterocycles. The number of Topliss-reactive ketones (excluding diaryl/α,β-unsaturated/α-hetero) is 1. The Hall–Kier alpha value is -1.18. The molecule has 0 amide bonds. The van der Waals surface area contributed by atoms with Crippen molar-refractivity contribution in [3.8, 4) is 0 Å². The predicted molar refractivity (Wildman–Crippen MR) is 66.7 cm³/mol. The van der Waals surface area contributed by atoms with Gasteiger partial charge in [0.25, 0.3) is 0 Å². The molecule has 0 N–H and O–H groups in total. The second kappa shape index (κ2) is 4.77. The zero-order valence-electron chi connectivity index (χ0n) is 10.9. The van der Waals surface area contributed by atoms with Crippen LogP contribution in [0.25, 0.3) is 0 Å². The van der Waals surface area contributed by atoms with Crippen LogP contribution in [0.5, 0.6) is 0 Å². The molecular formula is C14H21NO. The summed E-state index contributed by atoms with van der Waals surface area (Å²) in [6.07, 6.45) is 3.25. The summed E-state index contributed by atoms with van der Waals surface area (Å²) >= 11 is 0. The Kier molecular flexibility index (Phi) is 3.84. The molecule has 0 aromatic carbocycles. The fourth-order valence-corrected chi connectivity index (χ4v) is 1.61. The van der Waals surface area contributed by atoms with Crippen LogP contribution in [0, 0.1) is 19.3 Å². The van der Waals surface area contributed by atoms with Crippen molar-refractivity contribution in [3.63, 3.8) is 0 Å². The van der Waals surface area contributed by atoms with E-state index in [9.17, 15) is 4.79 Å². The standard InChI is InChI=1S/C14H21NO/c1-10-8-11(2)13(15-9-10)12(16)6-7-14(3,4)5/h8-9H,6-7H2,1-5H3. The van der Waals surface area contributed by atoms with E-state index in [4.69, 9.17) is 0 Å². The second-order valence-electron chi connectivity index (χ2n) is 5.66. The Morgan fingerprint density at radius 3 is 2.44 bits per heavy atom. The molecule has 0 saturated carbocycles. The van der Waals surface area contributed by atoms with Gasteiger partial charge in [-0.3, -0.25) is 9.78 Å². The monoisotopic (exact) mass is 219 g/mol. The van der Waals surface area contributed by atoms with Crippen molar-refractivity contribution >= 4 is 5.78 Å². The molecule has 1 rings (SSSR count). The first-order valence-corrected chi connectivity index (χ1v) is 5.76. The van der Waals surface area contributed by atoms with Crippen LogP contribution in [0.2, 0.25) is 0 Å². The highest BCUT2D eigenvalue weighted by atomic mass is 16.1. The van der Waals surface area contributed by atoms with Crippen molar-refractivity contribution in [2.45, 2.75) is 47.5 Å². The lowest BCUT2D eigenvalue weighted by atomic mass is 9.89. The average molecular weight is 219 g/mol. The number of nitrogens with zero attached hydrogens (tertiary/aromatic N) is 1. The van der Waals surface area contributed by atoms with E-state index < -0.39 is 0 Å². The van der Waals surface area contributed by atoms with Gasteiger partial charge in [-0.15, -0.1) is 0 Å². The number of carbonyl (C=O) groups excluding carboxylic acids is 1. The first-order valence-electron chi connectivity index (χ1n) is 5.76. The minimum Gasteiger partial charge on any atom is -0.292 e. The summed E-state index contributed by atoms with van der Waals surface area (Å²) in [5.41, 5.74) is 2.92. The first-order chi connectivity index (χ1) is 7.29. The van der Waals surface area contributed by atoms with Crippen molar-refractivity contribution in [1.82, 2.24) is 4.98 Å². The number of hydrogen-bond donors (Lipinski definition) is 0. The van der Waals surface area contributed by atoms with Crippen molar-refractivity contribution in [3.05, 3.63) is 29.1 Å².